The number of ether oxygens (including phenoxy) is 1. The van der Waals surface area contributed by atoms with E-state index in [-0.39, 0.29) is 6.04 Å². The van der Waals surface area contributed by atoms with Gasteiger partial charge < -0.3 is 10.5 Å². The molecule has 18 heavy (non-hydrogen) atoms. The third-order valence-electron chi connectivity index (χ3n) is 3.62. The van der Waals surface area contributed by atoms with Crippen LogP contribution in [0.2, 0.25) is 10.0 Å². The average molecular weight is 288 g/mol. The molecule has 4 heteroatoms. The predicted octanol–water partition coefficient (Wildman–Crippen LogP) is 4.58. The Labute approximate surface area is 118 Å². The number of hydrogen-bond acceptors (Lipinski definition) is 2. The molecule has 1 unspecified atom stereocenters. The highest BCUT2D eigenvalue weighted by molar-refractivity contribution is 6.34. The summed E-state index contributed by atoms with van der Waals surface area (Å²) in [5.41, 5.74) is 7.25. The molecule has 0 aliphatic heterocycles. The maximum atomic E-state index is 6.31. The van der Waals surface area contributed by atoms with Crippen LogP contribution < -0.4 is 10.5 Å². The minimum Gasteiger partial charge on any atom is -0.492 e. The molecule has 1 aliphatic carbocycles. The Kier molecular flexibility index (Phi) is 4.77. The van der Waals surface area contributed by atoms with Crippen LogP contribution in [0.1, 0.15) is 44.2 Å². The lowest BCUT2D eigenvalue weighted by molar-refractivity contribution is 0.340. The van der Waals surface area contributed by atoms with Crippen molar-refractivity contribution in [1.29, 1.82) is 0 Å². The maximum absolute atomic E-state index is 6.31. The van der Waals surface area contributed by atoms with E-state index in [0.717, 1.165) is 5.56 Å². The molecule has 2 nitrogen and oxygen atoms in total. The lowest BCUT2D eigenvalue weighted by atomic mass is 9.92. The Morgan fingerprint density at radius 3 is 2.56 bits per heavy atom. The van der Waals surface area contributed by atoms with Gasteiger partial charge in [0.05, 0.1) is 11.6 Å². The zero-order chi connectivity index (χ0) is 13.1. The van der Waals surface area contributed by atoms with Gasteiger partial charge in [0.15, 0.2) is 0 Å². The molecular formula is C14H19Cl2NO. The Hall–Kier alpha value is -0.440. The summed E-state index contributed by atoms with van der Waals surface area (Å²) in [5.74, 6) is 1.16. The molecule has 0 aromatic heterocycles. The van der Waals surface area contributed by atoms with E-state index in [0.29, 0.717) is 28.3 Å². The van der Waals surface area contributed by atoms with E-state index in [1.165, 1.54) is 25.7 Å². The number of rotatable bonds is 4. The second-order valence-electron chi connectivity index (χ2n) is 4.81. The molecule has 0 heterocycles. The largest absolute Gasteiger partial charge is 0.492 e. The van der Waals surface area contributed by atoms with Crippen molar-refractivity contribution in [2.24, 2.45) is 11.7 Å². The van der Waals surface area contributed by atoms with E-state index >= 15 is 0 Å². The summed E-state index contributed by atoms with van der Waals surface area (Å²) < 4.78 is 5.42. The van der Waals surface area contributed by atoms with Gasteiger partial charge in [-0.2, -0.15) is 0 Å². The predicted molar refractivity (Wildman–Crippen MR) is 76.5 cm³/mol. The topological polar surface area (TPSA) is 35.2 Å². The van der Waals surface area contributed by atoms with Crippen LogP contribution >= 0.6 is 23.2 Å². The molecule has 0 amide bonds. The molecule has 1 fully saturated rings. The monoisotopic (exact) mass is 287 g/mol. The van der Waals surface area contributed by atoms with E-state index in [4.69, 9.17) is 33.7 Å². The molecule has 0 spiro atoms. The van der Waals surface area contributed by atoms with Gasteiger partial charge in [-0.1, -0.05) is 36.0 Å². The van der Waals surface area contributed by atoms with Crippen LogP contribution in [0.3, 0.4) is 0 Å². The van der Waals surface area contributed by atoms with Crippen molar-refractivity contribution < 1.29 is 4.74 Å². The van der Waals surface area contributed by atoms with Gasteiger partial charge in [-0.25, -0.2) is 0 Å². The first-order chi connectivity index (χ1) is 8.63. The van der Waals surface area contributed by atoms with Crippen molar-refractivity contribution in [3.8, 4) is 5.75 Å². The zero-order valence-electron chi connectivity index (χ0n) is 10.6. The van der Waals surface area contributed by atoms with Crippen molar-refractivity contribution in [3.05, 3.63) is 27.7 Å². The molecule has 0 radical (unpaired) electrons. The zero-order valence-corrected chi connectivity index (χ0v) is 12.1. The molecule has 1 aliphatic rings. The fraction of sp³-hybridized carbons (Fsp3) is 0.571. The third-order valence-corrected chi connectivity index (χ3v) is 4.24. The van der Waals surface area contributed by atoms with Crippen LogP contribution in [-0.4, -0.2) is 6.61 Å². The Balaban J connectivity index is 2.24. The minimum atomic E-state index is -0.0202. The number of benzene rings is 1. The highest BCUT2D eigenvalue weighted by Gasteiger charge is 2.25. The Bertz CT molecular complexity index is 417. The molecule has 100 valence electrons. The van der Waals surface area contributed by atoms with Gasteiger partial charge in [0.1, 0.15) is 5.75 Å². The van der Waals surface area contributed by atoms with Crippen LogP contribution in [-0.2, 0) is 0 Å². The SMILES string of the molecule is CCOc1cc(Cl)c(C(N)C2CCCC2)cc1Cl. The minimum absolute atomic E-state index is 0.0202. The molecule has 1 atom stereocenters. The fourth-order valence-corrected chi connectivity index (χ4v) is 3.14. The first-order valence-corrected chi connectivity index (χ1v) is 7.26. The van der Waals surface area contributed by atoms with Gasteiger partial charge in [-0.15, -0.1) is 0 Å². The summed E-state index contributed by atoms with van der Waals surface area (Å²) >= 11 is 12.5. The van der Waals surface area contributed by atoms with Crippen LogP contribution in [0, 0.1) is 5.92 Å². The molecule has 2 rings (SSSR count). The lowest BCUT2D eigenvalue weighted by Crippen LogP contribution is -2.19. The van der Waals surface area contributed by atoms with Crippen molar-refractivity contribution in [1.82, 2.24) is 0 Å². The summed E-state index contributed by atoms with van der Waals surface area (Å²) in [7, 11) is 0. The maximum Gasteiger partial charge on any atom is 0.139 e. The van der Waals surface area contributed by atoms with E-state index < -0.39 is 0 Å². The standard InChI is InChI=1S/C14H19Cl2NO/c1-2-18-13-8-11(15)10(7-12(13)16)14(17)9-5-3-4-6-9/h7-9,14H,2-6,17H2,1H3. The number of halogens is 2. The first-order valence-electron chi connectivity index (χ1n) is 6.50. The summed E-state index contributed by atoms with van der Waals surface area (Å²) in [5, 5.41) is 1.24. The van der Waals surface area contributed by atoms with Crippen molar-refractivity contribution >= 4 is 23.2 Å². The number of nitrogens with two attached hydrogens (primary N) is 1. The van der Waals surface area contributed by atoms with E-state index in [1.807, 2.05) is 13.0 Å². The van der Waals surface area contributed by atoms with Gasteiger partial charge in [0.2, 0.25) is 0 Å². The highest BCUT2D eigenvalue weighted by atomic mass is 35.5. The van der Waals surface area contributed by atoms with Crippen LogP contribution in [0.15, 0.2) is 12.1 Å². The van der Waals surface area contributed by atoms with Crippen LogP contribution in [0.4, 0.5) is 0 Å². The smallest absolute Gasteiger partial charge is 0.139 e. The molecule has 0 bridgehead atoms. The van der Waals surface area contributed by atoms with Gasteiger partial charge >= 0.3 is 0 Å². The molecule has 1 saturated carbocycles. The number of hydrogen-bond donors (Lipinski definition) is 1. The Morgan fingerprint density at radius 2 is 1.94 bits per heavy atom. The Morgan fingerprint density at radius 1 is 1.28 bits per heavy atom. The molecule has 2 N–H and O–H groups in total. The van der Waals surface area contributed by atoms with E-state index in [2.05, 4.69) is 0 Å². The van der Waals surface area contributed by atoms with Crippen LogP contribution in [0.25, 0.3) is 0 Å². The second-order valence-corrected chi connectivity index (χ2v) is 5.62. The quantitative estimate of drug-likeness (QED) is 0.880. The average Bonchev–Trinajstić information content (AvgIpc) is 2.86. The second kappa shape index (κ2) is 6.14. The molecule has 0 saturated heterocycles. The summed E-state index contributed by atoms with van der Waals surface area (Å²) in [6, 6.07) is 3.61. The lowest BCUT2D eigenvalue weighted by Gasteiger charge is -2.21. The van der Waals surface area contributed by atoms with Gasteiger partial charge in [-0.3, -0.25) is 0 Å². The highest BCUT2D eigenvalue weighted by Crippen LogP contribution is 2.40. The third kappa shape index (κ3) is 2.93. The summed E-state index contributed by atoms with van der Waals surface area (Å²) in [6.45, 7) is 2.49. The van der Waals surface area contributed by atoms with Crippen molar-refractivity contribution in [2.75, 3.05) is 6.61 Å². The van der Waals surface area contributed by atoms with Gasteiger partial charge in [0, 0.05) is 17.1 Å². The first kappa shape index (κ1) is 14.0. The van der Waals surface area contributed by atoms with E-state index in [9.17, 15) is 0 Å². The normalized spacial score (nSPS) is 18.0. The fourth-order valence-electron chi connectivity index (χ4n) is 2.64. The molecule has 1 aromatic carbocycles. The molecule has 1 aromatic rings. The van der Waals surface area contributed by atoms with Crippen molar-refractivity contribution in [2.45, 2.75) is 38.6 Å². The van der Waals surface area contributed by atoms with Gasteiger partial charge in [-0.05, 0) is 37.3 Å². The van der Waals surface area contributed by atoms with Gasteiger partial charge in [0.25, 0.3) is 0 Å². The molecular weight excluding hydrogens is 269 g/mol. The van der Waals surface area contributed by atoms with E-state index in [1.54, 1.807) is 6.07 Å². The van der Waals surface area contributed by atoms with Crippen molar-refractivity contribution in [3.63, 3.8) is 0 Å². The summed E-state index contributed by atoms with van der Waals surface area (Å²) in [6.07, 6.45) is 4.89. The summed E-state index contributed by atoms with van der Waals surface area (Å²) in [4.78, 5) is 0. The van der Waals surface area contributed by atoms with Crippen LogP contribution in [0.5, 0.6) is 5.75 Å².